The van der Waals surface area contributed by atoms with Crippen LogP contribution in [0.5, 0.6) is 0 Å². The third kappa shape index (κ3) is 16.0. The number of hydrogen-bond acceptors (Lipinski definition) is 5. The van der Waals surface area contributed by atoms with Crippen molar-refractivity contribution >= 4 is 18.3 Å². The number of aliphatic hydroxyl groups is 4. The van der Waals surface area contributed by atoms with Gasteiger partial charge in [0.25, 0.3) is 0 Å². The summed E-state index contributed by atoms with van der Waals surface area (Å²) < 4.78 is 0. The van der Waals surface area contributed by atoms with Crippen LogP contribution in [0, 0.1) is 0 Å². The SMILES string of the molecule is CCCCCCCCCCCCCCCCCC(=O)NC(O)(O)C(O)(O)CC.Cl. The molecular weight excluding hydrogens is 394 g/mol. The molecule has 0 aliphatic carbocycles. The zero-order valence-electron chi connectivity index (χ0n) is 18.6. The van der Waals surface area contributed by atoms with Crippen LogP contribution in [0.3, 0.4) is 0 Å². The van der Waals surface area contributed by atoms with Crippen LogP contribution in [-0.4, -0.2) is 38.0 Å². The van der Waals surface area contributed by atoms with Gasteiger partial charge in [0.15, 0.2) is 0 Å². The van der Waals surface area contributed by atoms with Crippen molar-refractivity contribution in [2.45, 2.75) is 135 Å². The molecule has 0 unspecified atom stereocenters. The number of carbonyl (C=O) groups excluding carboxylic acids is 1. The maximum absolute atomic E-state index is 11.7. The van der Waals surface area contributed by atoms with Crippen LogP contribution in [-0.2, 0) is 4.79 Å². The average Bonchev–Trinajstić information content (AvgIpc) is 2.64. The second-order valence-corrected chi connectivity index (χ2v) is 8.09. The summed E-state index contributed by atoms with van der Waals surface area (Å²) in [5.74, 6) is -6.40. The lowest BCUT2D eigenvalue weighted by molar-refractivity contribution is -0.366. The minimum absolute atomic E-state index is 0. The van der Waals surface area contributed by atoms with Gasteiger partial charge < -0.3 is 25.7 Å². The molecule has 0 aliphatic heterocycles. The summed E-state index contributed by atoms with van der Waals surface area (Å²) in [6.45, 7) is 3.63. The summed E-state index contributed by atoms with van der Waals surface area (Å²) in [6, 6.07) is 0. The van der Waals surface area contributed by atoms with Crippen LogP contribution in [0.25, 0.3) is 0 Å². The molecule has 0 atom stereocenters. The molecule has 29 heavy (non-hydrogen) atoms. The fraction of sp³-hybridized carbons (Fsp3) is 0.955. The van der Waals surface area contributed by atoms with Crippen molar-refractivity contribution in [3.05, 3.63) is 0 Å². The fourth-order valence-corrected chi connectivity index (χ4v) is 3.26. The maximum Gasteiger partial charge on any atom is 0.303 e. The van der Waals surface area contributed by atoms with Gasteiger partial charge >= 0.3 is 5.91 Å². The van der Waals surface area contributed by atoms with Crippen LogP contribution >= 0.6 is 12.4 Å². The Labute approximate surface area is 183 Å². The molecular formula is C22H46ClNO5. The van der Waals surface area contributed by atoms with E-state index in [9.17, 15) is 25.2 Å². The normalized spacial score (nSPS) is 11.9. The molecule has 0 rings (SSSR count). The van der Waals surface area contributed by atoms with Gasteiger partial charge in [0.05, 0.1) is 0 Å². The molecule has 0 aromatic carbocycles. The van der Waals surface area contributed by atoms with Crippen molar-refractivity contribution in [3.63, 3.8) is 0 Å². The van der Waals surface area contributed by atoms with Crippen LogP contribution in [0.15, 0.2) is 0 Å². The van der Waals surface area contributed by atoms with Crippen molar-refractivity contribution in [3.8, 4) is 0 Å². The quantitative estimate of drug-likeness (QED) is 0.150. The standard InChI is InChI=1S/C22H45NO5.ClH/c1-3-5-6-7-8-9-10-11-12-13-14-15-16-17-18-19-20(24)23-22(27,28)21(25,26)4-2;/h25-28H,3-19H2,1-2H3,(H,23,24);1H. The van der Waals surface area contributed by atoms with Gasteiger partial charge in [0.1, 0.15) is 0 Å². The van der Waals surface area contributed by atoms with Crippen LogP contribution < -0.4 is 5.32 Å². The second kappa shape index (κ2) is 18.4. The molecule has 0 heterocycles. The largest absolute Gasteiger partial charge is 0.360 e. The lowest BCUT2D eigenvalue weighted by Crippen LogP contribution is -2.64. The number of nitrogens with one attached hydrogen (secondary N) is 1. The highest BCUT2D eigenvalue weighted by Crippen LogP contribution is 2.18. The molecule has 7 heteroatoms. The molecule has 1 amide bonds. The van der Waals surface area contributed by atoms with E-state index in [4.69, 9.17) is 0 Å². The van der Waals surface area contributed by atoms with Gasteiger partial charge in [-0.25, -0.2) is 0 Å². The molecule has 6 nitrogen and oxygen atoms in total. The zero-order valence-corrected chi connectivity index (χ0v) is 19.4. The Morgan fingerprint density at radius 3 is 1.34 bits per heavy atom. The number of hydrogen-bond donors (Lipinski definition) is 5. The Balaban J connectivity index is 0. The Morgan fingerprint density at radius 2 is 1.00 bits per heavy atom. The minimum atomic E-state index is -3.03. The average molecular weight is 440 g/mol. The van der Waals surface area contributed by atoms with Crippen molar-refractivity contribution in [1.82, 2.24) is 5.32 Å². The molecule has 0 aliphatic rings. The first-order valence-electron chi connectivity index (χ1n) is 11.5. The number of unbranched alkanes of at least 4 members (excludes halogenated alkanes) is 14. The van der Waals surface area contributed by atoms with Gasteiger partial charge in [0, 0.05) is 12.8 Å². The molecule has 0 aromatic rings. The van der Waals surface area contributed by atoms with E-state index in [2.05, 4.69) is 6.92 Å². The highest BCUT2D eigenvalue weighted by atomic mass is 35.5. The Bertz CT molecular complexity index is 391. The van der Waals surface area contributed by atoms with Gasteiger partial charge in [-0.05, 0) is 6.42 Å². The molecule has 0 fully saturated rings. The third-order valence-electron chi connectivity index (χ3n) is 5.37. The summed E-state index contributed by atoms with van der Waals surface area (Å²) in [5.41, 5.74) is 0. The van der Waals surface area contributed by atoms with E-state index in [1.807, 2.05) is 5.32 Å². The lowest BCUT2D eigenvalue weighted by Gasteiger charge is -2.34. The van der Waals surface area contributed by atoms with E-state index < -0.39 is 17.6 Å². The highest BCUT2D eigenvalue weighted by Gasteiger charge is 2.47. The van der Waals surface area contributed by atoms with Gasteiger partial charge in [-0.15, -0.1) is 12.4 Å². The van der Waals surface area contributed by atoms with Gasteiger partial charge in [0.2, 0.25) is 11.7 Å². The number of carbonyl (C=O) groups is 1. The van der Waals surface area contributed by atoms with E-state index in [0.29, 0.717) is 6.42 Å². The van der Waals surface area contributed by atoms with Gasteiger partial charge in [-0.1, -0.05) is 104 Å². The van der Waals surface area contributed by atoms with Crippen molar-refractivity contribution < 1.29 is 25.2 Å². The number of halogens is 1. The van der Waals surface area contributed by atoms with Crippen LogP contribution in [0.2, 0.25) is 0 Å². The molecule has 0 spiro atoms. The maximum atomic E-state index is 11.7. The number of amides is 1. The fourth-order valence-electron chi connectivity index (χ4n) is 3.26. The summed E-state index contributed by atoms with van der Waals surface area (Å²) in [6.07, 6.45) is 18.4. The summed E-state index contributed by atoms with van der Waals surface area (Å²) >= 11 is 0. The molecule has 176 valence electrons. The summed E-state index contributed by atoms with van der Waals surface area (Å²) in [5, 5.41) is 39.9. The molecule has 0 saturated heterocycles. The summed E-state index contributed by atoms with van der Waals surface area (Å²) in [7, 11) is 0. The molecule has 0 aromatic heterocycles. The van der Waals surface area contributed by atoms with E-state index in [1.165, 1.54) is 77.6 Å². The van der Waals surface area contributed by atoms with Crippen molar-refractivity contribution in [2.24, 2.45) is 0 Å². The smallest absolute Gasteiger partial charge is 0.303 e. The van der Waals surface area contributed by atoms with Crippen LogP contribution in [0.1, 0.15) is 123 Å². The topological polar surface area (TPSA) is 110 Å². The van der Waals surface area contributed by atoms with Crippen molar-refractivity contribution in [1.29, 1.82) is 0 Å². The zero-order chi connectivity index (χ0) is 21.3. The van der Waals surface area contributed by atoms with Gasteiger partial charge in [-0.3, -0.25) is 4.79 Å². The van der Waals surface area contributed by atoms with E-state index in [0.717, 1.165) is 19.3 Å². The minimum Gasteiger partial charge on any atom is -0.360 e. The Kier molecular flexibility index (Phi) is 19.5. The van der Waals surface area contributed by atoms with E-state index in [-0.39, 0.29) is 25.2 Å². The first kappa shape index (κ1) is 30.8. The molecule has 5 N–H and O–H groups in total. The predicted molar refractivity (Wildman–Crippen MR) is 120 cm³/mol. The Hall–Kier alpha value is -0.400. The van der Waals surface area contributed by atoms with Gasteiger partial charge in [-0.2, -0.15) is 0 Å². The molecule has 0 saturated carbocycles. The van der Waals surface area contributed by atoms with Crippen molar-refractivity contribution in [2.75, 3.05) is 0 Å². The van der Waals surface area contributed by atoms with Crippen LogP contribution in [0.4, 0.5) is 0 Å². The highest BCUT2D eigenvalue weighted by molar-refractivity contribution is 5.85. The first-order chi connectivity index (χ1) is 13.3. The molecule has 0 radical (unpaired) electrons. The summed E-state index contributed by atoms with van der Waals surface area (Å²) in [4.78, 5) is 11.7. The third-order valence-corrected chi connectivity index (χ3v) is 5.37. The molecule has 0 bridgehead atoms. The van der Waals surface area contributed by atoms with E-state index >= 15 is 0 Å². The Morgan fingerprint density at radius 1 is 0.655 bits per heavy atom. The second-order valence-electron chi connectivity index (χ2n) is 8.09. The predicted octanol–water partition coefficient (Wildman–Crippen LogP) is 4.52. The van der Waals surface area contributed by atoms with E-state index in [1.54, 1.807) is 0 Å². The number of rotatable bonds is 19. The first-order valence-corrected chi connectivity index (χ1v) is 11.5. The lowest BCUT2D eigenvalue weighted by atomic mass is 10.0. The monoisotopic (exact) mass is 439 g/mol.